The molecule has 0 radical (unpaired) electrons. The standard InChI is InChI=1S/C12H16F2N2O.ClH/c1-12(2,15)11(17)16(3)7-8-4-5-9(13)6-10(8)14;/h4-6H,7,15H2,1-3H3;1H. The number of carbonyl (C=O) groups is 1. The largest absolute Gasteiger partial charge is 0.340 e. The molecule has 0 bridgehead atoms. The molecule has 1 aromatic carbocycles. The van der Waals surface area contributed by atoms with Crippen LogP contribution in [0.15, 0.2) is 18.2 Å². The van der Waals surface area contributed by atoms with Crippen LogP contribution < -0.4 is 5.73 Å². The van der Waals surface area contributed by atoms with Crippen LogP contribution in [-0.2, 0) is 11.3 Å². The van der Waals surface area contributed by atoms with Gasteiger partial charge in [0.2, 0.25) is 5.91 Å². The van der Waals surface area contributed by atoms with Crippen LogP contribution in [0.4, 0.5) is 8.78 Å². The molecule has 102 valence electrons. The average molecular weight is 279 g/mol. The molecule has 0 aliphatic heterocycles. The summed E-state index contributed by atoms with van der Waals surface area (Å²) in [5, 5.41) is 0. The zero-order chi connectivity index (χ0) is 13.2. The fourth-order valence-electron chi connectivity index (χ4n) is 1.47. The highest BCUT2D eigenvalue weighted by atomic mass is 35.5. The number of carbonyl (C=O) groups excluding carboxylic acids is 1. The van der Waals surface area contributed by atoms with Gasteiger partial charge in [0.15, 0.2) is 0 Å². The number of benzene rings is 1. The maximum absolute atomic E-state index is 13.4. The van der Waals surface area contributed by atoms with Crippen molar-refractivity contribution in [3.05, 3.63) is 35.4 Å². The van der Waals surface area contributed by atoms with E-state index in [4.69, 9.17) is 5.73 Å². The molecule has 18 heavy (non-hydrogen) atoms. The number of likely N-dealkylation sites (N-methyl/N-ethyl adjacent to an activating group) is 1. The van der Waals surface area contributed by atoms with E-state index in [0.717, 1.165) is 12.1 Å². The third kappa shape index (κ3) is 4.23. The summed E-state index contributed by atoms with van der Waals surface area (Å²) in [6.45, 7) is 3.21. The summed E-state index contributed by atoms with van der Waals surface area (Å²) in [5.74, 6) is -1.61. The van der Waals surface area contributed by atoms with Crippen molar-refractivity contribution in [3.8, 4) is 0 Å². The van der Waals surface area contributed by atoms with Crippen LogP contribution in [0.25, 0.3) is 0 Å². The molecule has 0 aromatic heterocycles. The molecule has 3 nitrogen and oxygen atoms in total. The maximum Gasteiger partial charge on any atom is 0.242 e. The van der Waals surface area contributed by atoms with E-state index in [9.17, 15) is 13.6 Å². The minimum absolute atomic E-state index is 0. The summed E-state index contributed by atoms with van der Waals surface area (Å²) in [6, 6.07) is 3.27. The van der Waals surface area contributed by atoms with E-state index in [1.165, 1.54) is 18.0 Å². The van der Waals surface area contributed by atoms with E-state index in [0.29, 0.717) is 0 Å². The Bertz CT molecular complexity index is 433. The Morgan fingerprint density at radius 1 is 1.39 bits per heavy atom. The molecule has 0 aliphatic carbocycles. The SMILES string of the molecule is CN(Cc1ccc(F)cc1F)C(=O)C(C)(C)N.Cl. The fraction of sp³-hybridized carbons (Fsp3) is 0.417. The minimum Gasteiger partial charge on any atom is -0.340 e. The van der Waals surface area contributed by atoms with E-state index in [1.54, 1.807) is 13.8 Å². The molecular weight excluding hydrogens is 262 g/mol. The summed E-state index contributed by atoms with van der Waals surface area (Å²) >= 11 is 0. The van der Waals surface area contributed by atoms with Crippen molar-refractivity contribution >= 4 is 18.3 Å². The second-order valence-corrected chi connectivity index (χ2v) is 4.62. The number of hydrogen-bond acceptors (Lipinski definition) is 2. The predicted molar refractivity (Wildman–Crippen MR) is 68.3 cm³/mol. The summed E-state index contributed by atoms with van der Waals surface area (Å²) < 4.78 is 26.1. The van der Waals surface area contributed by atoms with Gasteiger partial charge in [-0.15, -0.1) is 12.4 Å². The number of nitrogens with zero attached hydrogens (tertiary/aromatic N) is 1. The minimum atomic E-state index is -1.01. The lowest BCUT2D eigenvalue weighted by Crippen LogP contribution is -2.49. The van der Waals surface area contributed by atoms with Crippen LogP contribution in [-0.4, -0.2) is 23.4 Å². The molecule has 0 saturated heterocycles. The first-order valence-electron chi connectivity index (χ1n) is 5.20. The number of nitrogens with two attached hydrogens (primary N) is 1. The van der Waals surface area contributed by atoms with Gasteiger partial charge < -0.3 is 10.6 Å². The third-order valence-electron chi connectivity index (χ3n) is 2.32. The molecule has 0 spiro atoms. The molecular formula is C12H17ClF2N2O. The Balaban J connectivity index is 0.00000289. The summed E-state index contributed by atoms with van der Waals surface area (Å²) in [4.78, 5) is 13.1. The average Bonchev–Trinajstić information content (AvgIpc) is 2.19. The highest BCUT2D eigenvalue weighted by Crippen LogP contribution is 2.13. The van der Waals surface area contributed by atoms with Crippen molar-refractivity contribution in [2.75, 3.05) is 7.05 Å². The van der Waals surface area contributed by atoms with Gasteiger partial charge in [-0.05, 0) is 19.9 Å². The Labute approximate surface area is 111 Å². The van der Waals surface area contributed by atoms with Crippen molar-refractivity contribution in [2.24, 2.45) is 5.73 Å². The maximum atomic E-state index is 13.4. The summed E-state index contributed by atoms with van der Waals surface area (Å²) in [7, 11) is 1.53. The Morgan fingerprint density at radius 2 is 1.94 bits per heavy atom. The van der Waals surface area contributed by atoms with Crippen molar-refractivity contribution in [1.82, 2.24) is 4.90 Å². The van der Waals surface area contributed by atoms with Gasteiger partial charge in [0, 0.05) is 25.2 Å². The Morgan fingerprint density at radius 3 is 2.39 bits per heavy atom. The molecule has 0 saturated carbocycles. The van der Waals surface area contributed by atoms with Gasteiger partial charge in [-0.3, -0.25) is 4.79 Å². The van der Waals surface area contributed by atoms with Crippen molar-refractivity contribution in [3.63, 3.8) is 0 Å². The monoisotopic (exact) mass is 278 g/mol. The third-order valence-corrected chi connectivity index (χ3v) is 2.32. The van der Waals surface area contributed by atoms with Crippen molar-refractivity contribution in [1.29, 1.82) is 0 Å². The van der Waals surface area contributed by atoms with Gasteiger partial charge in [0.25, 0.3) is 0 Å². The highest BCUT2D eigenvalue weighted by molar-refractivity contribution is 5.85. The van der Waals surface area contributed by atoms with Crippen LogP contribution in [0.1, 0.15) is 19.4 Å². The van der Waals surface area contributed by atoms with Gasteiger partial charge in [0.05, 0.1) is 5.54 Å². The first-order chi connectivity index (χ1) is 7.71. The first kappa shape index (κ1) is 16.8. The molecule has 1 amide bonds. The molecule has 6 heteroatoms. The number of amides is 1. The normalized spacial score (nSPS) is 10.8. The first-order valence-corrected chi connectivity index (χ1v) is 5.20. The second kappa shape index (κ2) is 6.11. The van der Waals surface area contributed by atoms with E-state index in [2.05, 4.69) is 0 Å². The fourth-order valence-corrected chi connectivity index (χ4v) is 1.47. The van der Waals surface area contributed by atoms with Crippen LogP contribution in [0.5, 0.6) is 0 Å². The Kier molecular flexibility index (Phi) is 5.70. The second-order valence-electron chi connectivity index (χ2n) is 4.62. The Hall–Kier alpha value is -1.20. The van der Waals surface area contributed by atoms with Gasteiger partial charge in [-0.1, -0.05) is 6.07 Å². The molecule has 2 N–H and O–H groups in total. The molecule has 0 fully saturated rings. The lowest BCUT2D eigenvalue weighted by molar-refractivity contribution is -0.135. The van der Waals surface area contributed by atoms with Crippen LogP contribution in [0, 0.1) is 11.6 Å². The molecule has 1 aromatic rings. The van der Waals surface area contributed by atoms with Crippen molar-refractivity contribution in [2.45, 2.75) is 25.9 Å². The molecule has 0 heterocycles. The zero-order valence-electron chi connectivity index (χ0n) is 10.5. The quantitative estimate of drug-likeness (QED) is 0.920. The van der Waals surface area contributed by atoms with E-state index in [-0.39, 0.29) is 30.4 Å². The van der Waals surface area contributed by atoms with E-state index >= 15 is 0 Å². The summed E-state index contributed by atoms with van der Waals surface area (Å²) in [6.07, 6.45) is 0. The highest BCUT2D eigenvalue weighted by Gasteiger charge is 2.25. The lowest BCUT2D eigenvalue weighted by atomic mass is 10.1. The molecule has 1 rings (SSSR count). The van der Waals surface area contributed by atoms with Gasteiger partial charge in [-0.25, -0.2) is 8.78 Å². The van der Waals surface area contributed by atoms with E-state index in [1.807, 2.05) is 0 Å². The molecule has 0 unspecified atom stereocenters. The van der Waals surface area contributed by atoms with E-state index < -0.39 is 17.2 Å². The topological polar surface area (TPSA) is 46.3 Å². The smallest absolute Gasteiger partial charge is 0.242 e. The zero-order valence-corrected chi connectivity index (χ0v) is 11.4. The van der Waals surface area contributed by atoms with Gasteiger partial charge in [-0.2, -0.15) is 0 Å². The van der Waals surface area contributed by atoms with Crippen molar-refractivity contribution < 1.29 is 13.6 Å². The molecule has 0 aliphatic rings. The van der Waals surface area contributed by atoms with Gasteiger partial charge >= 0.3 is 0 Å². The molecule has 0 atom stereocenters. The van der Waals surface area contributed by atoms with Crippen LogP contribution in [0.3, 0.4) is 0 Å². The number of rotatable bonds is 3. The van der Waals surface area contributed by atoms with Gasteiger partial charge in [0.1, 0.15) is 11.6 Å². The van der Waals surface area contributed by atoms with Crippen LogP contribution >= 0.6 is 12.4 Å². The summed E-state index contributed by atoms with van der Waals surface area (Å²) in [5.41, 5.74) is 4.90. The number of halogens is 3. The van der Waals surface area contributed by atoms with Crippen LogP contribution in [0.2, 0.25) is 0 Å². The number of hydrogen-bond donors (Lipinski definition) is 1. The predicted octanol–water partition coefficient (Wildman–Crippen LogP) is 2.08. The lowest BCUT2D eigenvalue weighted by Gasteiger charge is -2.26.